The molecule has 3 aromatic carbocycles. The van der Waals surface area contributed by atoms with Crippen molar-refractivity contribution in [3.8, 4) is 11.5 Å². The third kappa shape index (κ3) is 7.99. The number of amides is 2. The number of phenols is 2. The van der Waals surface area contributed by atoms with Crippen LogP contribution in [0.3, 0.4) is 0 Å². The number of carbonyl (C=O) groups is 2. The van der Waals surface area contributed by atoms with E-state index in [4.69, 9.17) is 11.6 Å². The summed E-state index contributed by atoms with van der Waals surface area (Å²) in [6.07, 6.45) is 1.36. The monoisotopic (exact) mass is 652 g/mol. The van der Waals surface area contributed by atoms with Gasteiger partial charge in [0, 0.05) is 17.4 Å². The first kappa shape index (κ1) is 33.0. The van der Waals surface area contributed by atoms with E-state index < -0.39 is 32.7 Å². The molecule has 45 heavy (non-hydrogen) atoms. The van der Waals surface area contributed by atoms with Crippen LogP contribution in [0.1, 0.15) is 49.5 Å². The van der Waals surface area contributed by atoms with Crippen molar-refractivity contribution in [2.45, 2.75) is 43.8 Å². The number of nitrogens with zero attached hydrogens (tertiary/aromatic N) is 2. The van der Waals surface area contributed by atoms with Crippen LogP contribution in [-0.2, 0) is 14.6 Å². The number of rotatable bonds is 11. The average molecular weight is 653 g/mol. The summed E-state index contributed by atoms with van der Waals surface area (Å²) in [7, 11) is -3.59. The number of nitrogens with one attached hydrogen (secondary N) is 4. The highest BCUT2D eigenvalue weighted by Crippen LogP contribution is 2.33. The number of hydrogen-bond acceptors (Lipinski definition) is 10. The van der Waals surface area contributed by atoms with Gasteiger partial charge in [-0.2, -0.15) is 4.98 Å². The summed E-state index contributed by atoms with van der Waals surface area (Å²) in [5.74, 6) is -1.48. The van der Waals surface area contributed by atoms with E-state index in [-0.39, 0.29) is 45.5 Å². The maximum Gasteiger partial charge on any atom is 0.255 e. The molecule has 0 saturated heterocycles. The lowest BCUT2D eigenvalue weighted by molar-refractivity contribution is -0.115. The highest BCUT2D eigenvalue weighted by molar-refractivity contribution is 7.92. The normalized spacial score (nSPS) is 11.4. The van der Waals surface area contributed by atoms with Crippen molar-refractivity contribution in [1.29, 1.82) is 0 Å². The van der Waals surface area contributed by atoms with Crippen LogP contribution in [0.4, 0.5) is 28.8 Å². The van der Waals surface area contributed by atoms with E-state index in [0.29, 0.717) is 22.6 Å². The summed E-state index contributed by atoms with van der Waals surface area (Å²) in [6, 6.07) is 15.6. The van der Waals surface area contributed by atoms with Crippen LogP contribution < -0.4 is 21.3 Å². The van der Waals surface area contributed by atoms with Crippen LogP contribution in [0.5, 0.6) is 11.5 Å². The zero-order chi connectivity index (χ0) is 32.9. The molecule has 0 spiro atoms. The van der Waals surface area contributed by atoms with Crippen LogP contribution in [-0.4, -0.2) is 52.2 Å². The van der Waals surface area contributed by atoms with E-state index in [9.17, 15) is 28.2 Å². The Morgan fingerprint density at radius 3 is 2.33 bits per heavy atom. The molecule has 0 unspecified atom stereocenters. The predicted octanol–water partition coefficient (Wildman–Crippen LogP) is 5.70. The van der Waals surface area contributed by atoms with Crippen LogP contribution >= 0.6 is 11.6 Å². The number of carbonyl (C=O) groups excluding carboxylic acids is 2. The number of halogens is 1. The molecule has 0 radical (unpaired) electrons. The first-order valence-electron chi connectivity index (χ1n) is 13.9. The van der Waals surface area contributed by atoms with Crippen molar-refractivity contribution in [1.82, 2.24) is 15.3 Å². The number of hydrogen-bond donors (Lipinski definition) is 6. The van der Waals surface area contributed by atoms with Gasteiger partial charge in [-0.3, -0.25) is 9.59 Å². The quantitative estimate of drug-likeness (QED) is 0.117. The van der Waals surface area contributed by atoms with E-state index in [1.807, 2.05) is 13.8 Å². The fraction of sp³-hybridized carbons (Fsp3) is 0.226. The Labute approximate surface area is 265 Å². The van der Waals surface area contributed by atoms with Crippen molar-refractivity contribution in [2.75, 3.05) is 22.5 Å². The summed E-state index contributed by atoms with van der Waals surface area (Å²) in [6.45, 7) is 6.49. The summed E-state index contributed by atoms with van der Waals surface area (Å²) < 4.78 is 25.7. The van der Waals surface area contributed by atoms with Gasteiger partial charge in [-0.25, -0.2) is 13.4 Å². The number of phenolic OH excluding ortho intramolecular Hbond substituents is 2. The Hall–Kier alpha value is -4.88. The molecule has 12 nitrogen and oxygen atoms in total. The van der Waals surface area contributed by atoms with Gasteiger partial charge in [0.2, 0.25) is 11.9 Å². The topological polar surface area (TPSA) is 183 Å². The van der Waals surface area contributed by atoms with E-state index in [1.54, 1.807) is 56.3 Å². The third-order valence-corrected chi connectivity index (χ3v) is 9.12. The smallest absolute Gasteiger partial charge is 0.255 e. The molecule has 2 amide bonds. The van der Waals surface area contributed by atoms with Gasteiger partial charge >= 0.3 is 0 Å². The van der Waals surface area contributed by atoms with E-state index in [1.165, 1.54) is 18.3 Å². The Morgan fingerprint density at radius 1 is 0.911 bits per heavy atom. The zero-order valence-electron chi connectivity index (χ0n) is 24.9. The molecule has 0 aliphatic carbocycles. The summed E-state index contributed by atoms with van der Waals surface area (Å²) in [4.78, 5) is 33.9. The lowest BCUT2D eigenvalue weighted by Gasteiger charge is -2.15. The van der Waals surface area contributed by atoms with Crippen molar-refractivity contribution < 1.29 is 28.2 Å². The number of aromatic hydroxyl groups is 2. The second-order valence-electron chi connectivity index (χ2n) is 10.6. The minimum atomic E-state index is -3.59. The van der Waals surface area contributed by atoms with Crippen LogP contribution in [0.2, 0.25) is 5.02 Å². The molecule has 14 heteroatoms. The van der Waals surface area contributed by atoms with Gasteiger partial charge in [0.25, 0.3) is 5.91 Å². The van der Waals surface area contributed by atoms with Gasteiger partial charge in [0.15, 0.2) is 15.7 Å². The highest BCUT2D eigenvalue weighted by atomic mass is 35.5. The lowest BCUT2D eigenvalue weighted by atomic mass is 9.98. The van der Waals surface area contributed by atoms with Crippen molar-refractivity contribution >= 4 is 62.1 Å². The Bertz CT molecular complexity index is 1850. The van der Waals surface area contributed by atoms with Gasteiger partial charge < -0.3 is 31.5 Å². The van der Waals surface area contributed by atoms with Gasteiger partial charge in [-0.15, -0.1) is 0 Å². The molecule has 0 saturated carbocycles. The largest absolute Gasteiger partial charge is 0.508 e. The summed E-state index contributed by atoms with van der Waals surface area (Å²) in [5, 5.41) is 30.8. The molecule has 1 aromatic heterocycles. The van der Waals surface area contributed by atoms with Crippen LogP contribution in [0, 0.1) is 0 Å². The Morgan fingerprint density at radius 2 is 1.62 bits per heavy atom. The fourth-order valence-corrected chi connectivity index (χ4v) is 5.56. The predicted molar refractivity (Wildman–Crippen MR) is 174 cm³/mol. The van der Waals surface area contributed by atoms with Crippen LogP contribution in [0.15, 0.2) is 71.8 Å². The molecular formula is C31H33ClN6O6S. The van der Waals surface area contributed by atoms with E-state index in [0.717, 1.165) is 6.07 Å². The third-order valence-electron chi connectivity index (χ3n) is 6.63. The second kappa shape index (κ2) is 13.8. The Kier molecular flexibility index (Phi) is 10.1. The molecule has 4 rings (SSSR count). The summed E-state index contributed by atoms with van der Waals surface area (Å²) in [5.41, 5.74) is 1.67. The molecule has 0 aliphatic heterocycles. The van der Waals surface area contributed by atoms with Gasteiger partial charge in [0.1, 0.15) is 16.5 Å². The molecule has 6 N–H and O–H groups in total. The van der Waals surface area contributed by atoms with Gasteiger partial charge in [-0.1, -0.05) is 43.6 Å². The van der Waals surface area contributed by atoms with Gasteiger partial charge in [-0.05, 0) is 61.7 Å². The SMILES string of the molecule is CC(C)c1cc(C(=O)NCC(=O)Nc2cccc(Nc3ncc(Cl)c(Nc4ccccc4S(=O)(=O)C(C)C)n3)c2)c(O)cc1O. The molecule has 0 aliphatic rings. The molecular weight excluding hydrogens is 620 g/mol. The molecule has 0 bridgehead atoms. The average Bonchev–Trinajstić information content (AvgIpc) is 2.98. The molecule has 236 valence electrons. The first-order valence-corrected chi connectivity index (χ1v) is 15.8. The summed E-state index contributed by atoms with van der Waals surface area (Å²) >= 11 is 6.32. The number of para-hydroxylation sites is 1. The second-order valence-corrected chi connectivity index (χ2v) is 13.5. The lowest BCUT2D eigenvalue weighted by Crippen LogP contribution is -2.33. The maximum atomic E-state index is 12.9. The number of aromatic nitrogens is 2. The highest BCUT2D eigenvalue weighted by Gasteiger charge is 2.23. The maximum absolute atomic E-state index is 12.9. The number of anilines is 5. The van der Waals surface area contributed by atoms with Crippen molar-refractivity contribution in [2.24, 2.45) is 0 Å². The first-order chi connectivity index (χ1) is 21.3. The van der Waals surface area contributed by atoms with Gasteiger partial charge in [0.05, 0.1) is 34.1 Å². The molecule has 4 aromatic rings. The zero-order valence-corrected chi connectivity index (χ0v) is 26.5. The molecule has 0 fully saturated rings. The number of benzene rings is 3. The van der Waals surface area contributed by atoms with Crippen LogP contribution in [0.25, 0.3) is 0 Å². The van der Waals surface area contributed by atoms with Crippen molar-refractivity contribution in [3.05, 3.63) is 83.0 Å². The number of sulfone groups is 1. The van der Waals surface area contributed by atoms with Crippen molar-refractivity contribution in [3.63, 3.8) is 0 Å². The van der Waals surface area contributed by atoms with E-state index >= 15 is 0 Å². The fourth-order valence-electron chi connectivity index (χ4n) is 4.22. The molecule has 0 atom stereocenters. The van der Waals surface area contributed by atoms with E-state index in [2.05, 4.69) is 31.2 Å². The molecule has 1 heterocycles. The standard InChI is InChI=1S/C31H33ClN6O6S/c1-17(2)21-13-22(26(40)14-25(21)39)30(42)33-16-28(41)35-19-8-7-9-20(12-19)36-31-34-15-23(32)29(38-31)37-24-10-5-6-11-27(24)45(43,44)18(3)4/h5-15,17-18,39-40H,16H2,1-4H3,(H,33,42)(H,35,41)(H2,34,36,37,38). The minimum absolute atomic E-state index is 0.0580. The minimum Gasteiger partial charge on any atom is -0.508 e. The Balaban J connectivity index is 1.42.